The van der Waals surface area contributed by atoms with E-state index in [2.05, 4.69) is 0 Å². The lowest BCUT2D eigenvalue weighted by Crippen LogP contribution is -2.49. The van der Waals surface area contributed by atoms with E-state index in [0.717, 1.165) is 0 Å². The second-order valence-electron chi connectivity index (χ2n) is 13.0. The van der Waals surface area contributed by atoms with Crippen LogP contribution in [0.25, 0.3) is 0 Å². The third-order valence-electron chi connectivity index (χ3n) is 6.41. The lowest BCUT2D eigenvalue weighted by Gasteiger charge is -2.29. The number of aliphatic carboxylic acids is 2. The standard InChI is InChI=1S/C28H46O10/c1-16(15-38-18(20(30)26(5,6)7)22(32)28(10,11)24(35)36)13-12-14-37-17(19(29)25(2,3)4)21(31)27(8,9)23(33)34/h16-18H,12-15H2,1-11H3,(H,33,34)(H,35,36). The topological polar surface area (TPSA) is 161 Å². The van der Waals surface area contributed by atoms with E-state index in [1.54, 1.807) is 41.5 Å². The predicted octanol–water partition coefficient (Wildman–Crippen LogP) is 3.76. The van der Waals surface area contributed by atoms with Crippen LogP contribution < -0.4 is 0 Å². The third-order valence-corrected chi connectivity index (χ3v) is 6.41. The van der Waals surface area contributed by atoms with Gasteiger partial charge in [0.2, 0.25) is 0 Å². The summed E-state index contributed by atoms with van der Waals surface area (Å²) in [5.74, 6) is -5.59. The number of carboxylic acid groups (broad SMARTS) is 2. The SMILES string of the molecule is CC(CCCOC(C(=O)C(C)(C)C)C(=O)C(C)(C)C(=O)O)COC(C(=O)C(C)(C)C)C(=O)C(C)(C)C(=O)O. The van der Waals surface area contributed by atoms with Crippen molar-refractivity contribution in [2.24, 2.45) is 27.6 Å². The molecule has 0 radical (unpaired) electrons. The molecule has 0 saturated carbocycles. The summed E-state index contributed by atoms with van der Waals surface area (Å²) in [7, 11) is 0. The zero-order valence-electron chi connectivity index (χ0n) is 24.7. The maximum Gasteiger partial charge on any atom is 0.316 e. The van der Waals surface area contributed by atoms with Gasteiger partial charge in [-0.2, -0.15) is 0 Å². The smallest absolute Gasteiger partial charge is 0.316 e. The normalized spacial score (nSPS) is 15.3. The molecular formula is C28H46O10. The van der Waals surface area contributed by atoms with E-state index in [4.69, 9.17) is 9.47 Å². The molecular weight excluding hydrogens is 496 g/mol. The number of hydrogen-bond acceptors (Lipinski definition) is 8. The van der Waals surface area contributed by atoms with E-state index in [9.17, 15) is 39.0 Å². The summed E-state index contributed by atoms with van der Waals surface area (Å²) < 4.78 is 11.3. The van der Waals surface area contributed by atoms with Gasteiger partial charge in [-0.25, -0.2) is 0 Å². The Balaban J connectivity index is 5.36. The number of carbonyl (C=O) groups is 6. The molecule has 218 valence electrons. The van der Waals surface area contributed by atoms with Crippen molar-refractivity contribution in [3.05, 3.63) is 0 Å². The first kappa shape index (κ1) is 35.5. The quantitative estimate of drug-likeness (QED) is 0.217. The zero-order chi connectivity index (χ0) is 30.4. The highest BCUT2D eigenvalue weighted by Crippen LogP contribution is 2.28. The molecule has 0 aliphatic carbocycles. The van der Waals surface area contributed by atoms with Gasteiger partial charge in [-0.1, -0.05) is 48.5 Å². The first-order valence-electron chi connectivity index (χ1n) is 12.8. The fourth-order valence-corrected chi connectivity index (χ4v) is 3.17. The van der Waals surface area contributed by atoms with Crippen LogP contribution in [-0.4, -0.2) is 70.7 Å². The fraction of sp³-hybridized carbons (Fsp3) is 0.786. The van der Waals surface area contributed by atoms with Gasteiger partial charge < -0.3 is 19.7 Å². The van der Waals surface area contributed by atoms with E-state index < -0.39 is 68.9 Å². The van der Waals surface area contributed by atoms with Gasteiger partial charge in [0, 0.05) is 17.4 Å². The summed E-state index contributed by atoms with van der Waals surface area (Å²) in [4.78, 5) is 74.7. The molecule has 0 aromatic heterocycles. The van der Waals surface area contributed by atoms with Crippen molar-refractivity contribution in [1.29, 1.82) is 0 Å². The number of ether oxygens (including phenoxy) is 2. The first-order chi connectivity index (χ1) is 16.9. The van der Waals surface area contributed by atoms with E-state index in [0.29, 0.717) is 12.8 Å². The van der Waals surface area contributed by atoms with Crippen LogP contribution in [0.2, 0.25) is 0 Å². The van der Waals surface area contributed by atoms with Crippen LogP contribution in [0, 0.1) is 27.6 Å². The predicted molar refractivity (Wildman–Crippen MR) is 140 cm³/mol. The molecule has 3 atom stereocenters. The van der Waals surface area contributed by atoms with Gasteiger partial charge in [0.1, 0.15) is 10.8 Å². The molecule has 0 amide bonds. The van der Waals surface area contributed by atoms with Gasteiger partial charge in [-0.3, -0.25) is 28.8 Å². The number of ketones is 4. The molecule has 10 nitrogen and oxygen atoms in total. The zero-order valence-corrected chi connectivity index (χ0v) is 24.7. The lowest BCUT2D eigenvalue weighted by atomic mass is 9.78. The van der Waals surface area contributed by atoms with Crippen molar-refractivity contribution in [3.8, 4) is 0 Å². The van der Waals surface area contributed by atoms with Gasteiger partial charge in [-0.15, -0.1) is 0 Å². The van der Waals surface area contributed by atoms with E-state index >= 15 is 0 Å². The first-order valence-corrected chi connectivity index (χ1v) is 12.8. The molecule has 0 rings (SSSR count). The number of Topliss-reactive ketones (excluding diaryl/α,β-unsaturated/α-hetero) is 4. The molecule has 0 aliphatic heterocycles. The minimum absolute atomic E-state index is 0.00636. The van der Waals surface area contributed by atoms with Crippen molar-refractivity contribution in [1.82, 2.24) is 0 Å². The number of carboxylic acids is 2. The Hall–Kier alpha value is -2.46. The minimum atomic E-state index is -1.81. The highest BCUT2D eigenvalue weighted by atomic mass is 16.5. The average molecular weight is 543 g/mol. The van der Waals surface area contributed by atoms with Gasteiger partial charge in [0.15, 0.2) is 35.3 Å². The largest absolute Gasteiger partial charge is 0.481 e. The van der Waals surface area contributed by atoms with Gasteiger partial charge in [0.25, 0.3) is 0 Å². The van der Waals surface area contributed by atoms with Crippen LogP contribution in [0.4, 0.5) is 0 Å². The second-order valence-corrected chi connectivity index (χ2v) is 13.0. The van der Waals surface area contributed by atoms with Crippen molar-refractivity contribution < 1.29 is 48.5 Å². The second kappa shape index (κ2) is 13.1. The van der Waals surface area contributed by atoms with Crippen LogP contribution in [0.15, 0.2) is 0 Å². The Morgan fingerprint density at radius 1 is 0.605 bits per heavy atom. The molecule has 3 unspecified atom stereocenters. The molecule has 0 saturated heterocycles. The molecule has 0 bridgehead atoms. The number of hydrogen-bond donors (Lipinski definition) is 2. The summed E-state index contributed by atoms with van der Waals surface area (Å²) in [6, 6.07) is 0. The average Bonchev–Trinajstić information content (AvgIpc) is 2.76. The third kappa shape index (κ3) is 9.38. The van der Waals surface area contributed by atoms with E-state index in [1.165, 1.54) is 27.7 Å². The van der Waals surface area contributed by atoms with Crippen LogP contribution >= 0.6 is 0 Å². The summed E-state index contributed by atoms with van der Waals surface area (Å²) in [6.45, 7) is 16.4. The molecule has 2 N–H and O–H groups in total. The Bertz CT molecular complexity index is 915. The molecule has 0 aromatic rings. The fourth-order valence-electron chi connectivity index (χ4n) is 3.17. The highest BCUT2D eigenvalue weighted by molar-refractivity contribution is 6.16. The Labute approximate surface area is 225 Å². The monoisotopic (exact) mass is 542 g/mol. The molecule has 0 aliphatic rings. The van der Waals surface area contributed by atoms with Crippen molar-refractivity contribution >= 4 is 35.1 Å². The molecule has 10 heteroatoms. The maximum atomic E-state index is 12.9. The van der Waals surface area contributed by atoms with Crippen LogP contribution in [-0.2, 0) is 38.2 Å². The molecule has 0 spiro atoms. The van der Waals surface area contributed by atoms with E-state index in [-0.39, 0.29) is 19.1 Å². The van der Waals surface area contributed by atoms with Crippen molar-refractivity contribution in [2.75, 3.05) is 13.2 Å². The number of carbonyl (C=O) groups excluding carboxylic acids is 4. The lowest BCUT2D eigenvalue weighted by molar-refractivity contribution is -0.163. The molecule has 0 heterocycles. The maximum absolute atomic E-state index is 12.9. The molecule has 0 fully saturated rings. The van der Waals surface area contributed by atoms with E-state index in [1.807, 2.05) is 6.92 Å². The number of rotatable bonds is 16. The van der Waals surface area contributed by atoms with Crippen molar-refractivity contribution in [2.45, 2.75) is 101 Å². The van der Waals surface area contributed by atoms with Crippen LogP contribution in [0.1, 0.15) is 89.0 Å². The van der Waals surface area contributed by atoms with Crippen molar-refractivity contribution in [3.63, 3.8) is 0 Å². The molecule has 0 aromatic carbocycles. The Morgan fingerprint density at radius 2 is 0.947 bits per heavy atom. The van der Waals surface area contributed by atoms with Gasteiger partial charge in [0.05, 0.1) is 6.61 Å². The Morgan fingerprint density at radius 3 is 1.26 bits per heavy atom. The molecule has 38 heavy (non-hydrogen) atoms. The summed E-state index contributed by atoms with van der Waals surface area (Å²) in [5.41, 5.74) is -5.48. The summed E-state index contributed by atoms with van der Waals surface area (Å²) in [6.07, 6.45) is -2.22. The van der Waals surface area contributed by atoms with Crippen LogP contribution in [0.3, 0.4) is 0 Å². The summed E-state index contributed by atoms with van der Waals surface area (Å²) >= 11 is 0. The Kier molecular flexibility index (Phi) is 12.2. The van der Waals surface area contributed by atoms with Crippen LogP contribution in [0.5, 0.6) is 0 Å². The van der Waals surface area contributed by atoms with Gasteiger partial charge in [-0.05, 0) is 46.5 Å². The van der Waals surface area contributed by atoms with Gasteiger partial charge >= 0.3 is 11.9 Å². The summed E-state index contributed by atoms with van der Waals surface area (Å²) in [5, 5.41) is 18.9. The minimum Gasteiger partial charge on any atom is -0.481 e. The highest BCUT2D eigenvalue weighted by Gasteiger charge is 2.47.